The molecule has 0 spiro atoms. The molecule has 0 fully saturated rings. The number of nitrogens with zero attached hydrogens (tertiary/aromatic N) is 1. The molecular formula is C5H12ClNSi. The van der Waals surface area contributed by atoms with Crippen LogP contribution in [0.2, 0.25) is 0 Å². The molecule has 0 saturated carbocycles. The van der Waals surface area contributed by atoms with Crippen molar-refractivity contribution in [3.63, 3.8) is 0 Å². The normalized spacial score (nSPS) is 10.5. The topological polar surface area (TPSA) is 3.24 Å². The average molecular weight is 150 g/mol. The van der Waals surface area contributed by atoms with Crippen LogP contribution in [0.1, 0.15) is 13.8 Å². The Bertz CT molecular complexity index is 47.7. The van der Waals surface area contributed by atoms with E-state index in [0.717, 1.165) is 19.3 Å². The summed E-state index contributed by atoms with van der Waals surface area (Å²) in [7, 11) is 0.550. The lowest BCUT2D eigenvalue weighted by molar-refractivity contribution is 0.354. The van der Waals surface area contributed by atoms with Crippen LogP contribution in [0.3, 0.4) is 0 Å². The maximum absolute atomic E-state index is 5.54. The van der Waals surface area contributed by atoms with Gasteiger partial charge in [0.1, 0.15) is 0 Å². The van der Waals surface area contributed by atoms with E-state index in [-0.39, 0.29) is 0 Å². The molecule has 0 heterocycles. The van der Waals surface area contributed by atoms with E-state index in [0.29, 0.717) is 8.83 Å². The minimum absolute atomic E-state index is 0.550. The molecule has 0 aromatic carbocycles. The van der Waals surface area contributed by atoms with E-state index in [1.807, 2.05) is 0 Å². The maximum atomic E-state index is 5.54. The van der Waals surface area contributed by atoms with Crippen LogP contribution in [-0.2, 0) is 0 Å². The third-order valence-corrected chi connectivity index (χ3v) is 2.10. The summed E-state index contributed by atoms with van der Waals surface area (Å²) in [4.78, 5) is 2.31. The van der Waals surface area contributed by atoms with Gasteiger partial charge in [0.25, 0.3) is 0 Å². The molecule has 2 radical (unpaired) electrons. The van der Waals surface area contributed by atoms with E-state index in [1.54, 1.807) is 0 Å². The van der Waals surface area contributed by atoms with E-state index >= 15 is 0 Å². The number of rotatable bonds is 4. The first-order valence-corrected chi connectivity index (χ1v) is 5.12. The highest BCUT2D eigenvalue weighted by Gasteiger charge is 1.95. The Balaban J connectivity index is 3.07. The Labute approximate surface area is 58.5 Å². The minimum Gasteiger partial charge on any atom is -0.306 e. The van der Waals surface area contributed by atoms with Gasteiger partial charge in [0.05, 0.1) is 0 Å². The van der Waals surface area contributed by atoms with Gasteiger partial charge in [0.2, 0.25) is 0 Å². The molecule has 0 aliphatic heterocycles. The highest BCUT2D eigenvalue weighted by atomic mass is 35.6. The minimum atomic E-state index is 0.550. The molecule has 0 saturated heterocycles. The Hall–Kier alpha value is 0.467. The second kappa shape index (κ2) is 5.60. The molecule has 48 valence electrons. The number of hydrogen-bond donors (Lipinski definition) is 0. The predicted molar refractivity (Wildman–Crippen MR) is 39.4 cm³/mol. The van der Waals surface area contributed by atoms with Gasteiger partial charge in [-0.15, -0.1) is 0 Å². The Morgan fingerprint density at radius 3 is 2.00 bits per heavy atom. The quantitative estimate of drug-likeness (QED) is 0.428. The third kappa shape index (κ3) is 3.47. The summed E-state index contributed by atoms with van der Waals surface area (Å²) < 4.78 is 0. The Morgan fingerprint density at radius 2 is 1.88 bits per heavy atom. The van der Waals surface area contributed by atoms with Gasteiger partial charge < -0.3 is 4.90 Å². The van der Waals surface area contributed by atoms with Gasteiger partial charge in [-0.3, -0.25) is 0 Å². The van der Waals surface area contributed by atoms with Crippen molar-refractivity contribution >= 4 is 19.9 Å². The molecule has 0 aliphatic rings. The van der Waals surface area contributed by atoms with E-state index in [1.165, 1.54) is 0 Å². The van der Waals surface area contributed by atoms with Crippen molar-refractivity contribution in [1.29, 1.82) is 0 Å². The molecule has 0 aliphatic carbocycles. The lowest BCUT2D eigenvalue weighted by Crippen LogP contribution is -2.25. The highest BCUT2D eigenvalue weighted by molar-refractivity contribution is 6.93. The molecule has 3 heteroatoms. The summed E-state index contributed by atoms with van der Waals surface area (Å²) in [6.07, 6.45) is 1.05. The van der Waals surface area contributed by atoms with Crippen LogP contribution in [0.5, 0.6) is 0 Å². The lowest BCUT2D eigenvalue weighted by atomic mass is 10.6. The van der Waals surface area contributed by atoms with Crippen LogP contribution in [0.25, 0.3) is 0 Å². The second-order valence-corrected chi connectivity index (χ2v) is 2.98. The summed E-state index contributed by atoms with van der Waals surface area (Å²) in [5, 5.41) is 0. The van der Waals surface area contributed by atoms with Crippen molar-refractivity contribution in [2.24, 2.45) is 0 Å². The van der Waals surface area contributed by atoms with Crippen molar-refractivity contribution < 1.29 is 0 Å². The van der Waals surface area contributed by atoms with Crippen LogP contribution >= 0.6 is 11.1 Å². The predicted octanol–water partition coefficient (Wildman–Crippen LogP) is 1.14. The summed E-state index contributed by atoms with van der Waals surface area (Å²) in [5.74, 6) is 0. The van der Waals surface area contributed by atoms with Crippen molar-refractivity contribution in [2.45, 2.75) is 13.8 Å². The van der Waals surface area contributed by atoms with Crippen molar-refractivity contribution in [3.8, 4) is 0 Å². The summed E-state index contributed by atoms with van der Waals surface area (Å²) in [5.41, 5.74) is 0. The van der Waals surface area contributed by atoms with Gasteiger partial charge in [-0.25, -0.2) is 0 Å². The fourth-order valence-corrected chi connectivity index (χ4v) is 1.66. The summed E-state index contributed by atoms with van der Waals surface area (Å²) in [6.45, 7) is 6.55. The number of halogens is 1. The highest BCUT2D eigenvalue weighted by Crippen LogP contribution is 1.84. The van der Waals surface area contributed by atoms with E-state index < -0.39 is 0 Å². The zero-order valence-electron chi connectivity index (χ0n) is 5.45. The third-order valence-electron chi connectivity index (χ3n) is 1.18. The monoisotopic (exact) mass is 149 g/mol. The van der Waals surface area contributed by atoms with Gasteiger partial charge in [-0.2, -0.15) is 11.1 Å². The number of hydrogen-bond acceptors (Lipinski definition) is 1. The lowest BCUT2D eigenvalue weighted by Gasteiger charge is -2.14. The largest absolute Gasteiger partial charge is 0.306 e. The Kier molecular flexibility index (Phi) is 5.93. The molecule has 0 N–H and O–H groups in total. The zero-order chi connectivity index (χ0) is 6.41. The standard InChI is InChI=1S/C5H12ClNSi/c1-3-7(4-2)5-8-6/h3-5H2,1-2H3. The van der Waals surface area contributed by atoms with Crippen molar-refractivity contribution in [1.82, 2.24) is 4.90 Å². The van der Waals surface area contributed by atoms with Gasteiger partial charge in [0, 0.05) is 6.17 Å². The van der Waals surface area contributed by atoms with Crippen LogP contribution < -0.4 is 0 Å². The first kappa shape index (κ1) is 8.47. The molecule has 0 bridgehead atoms. The fraction of sp³-hybridized carbons (Fsp3) is 1.00. The van der Waals surface area contributed by atoms with E-state index in [9.17, 15) is 0 Å². The zero-order valence-corrected chi connectivity index (χ0v) is 7.20. The van der Waals surface area contributed by atoms with Crippen LogP contribution in [0.4, 0.5) is 0 Å². The second-order valence-electron chi connectivity index (χ2n) is 1.60. The fourth-order valence-electron chi connectivity index (χ4n) is 0.532. The van der Waals surface area contributed by atoms with E-state index in [2.05, 4.69) is 18.7 Å². The van der Waals surface area contributed by atoms with Crippen LogP contribution in [0.15, 0.2) is 0 Å². The van der Waals surface area contributed by atoms with Gasteiger partial charge in [-0.1, -0.05) is 13.8 Å². The maximum Gasteiger partial charge on any atom is 0.187 e. The average Bonchev–Trinajstić information content (AvgIpc) is 1.83. The molecule has 0 atom stereocenters. The van der Waals surface area contributed by atoms with Crippen LogP contribution in [-0.4, -0.2) is 33.0 Å². The SMILES string of the molecule is CCN(CC)C[Si]Cl. The van der Waals surface area contributed by atoms with Gasteiger partial charge in [0.15, 0.2) is 8.83 Å². The van der Waals surface area contributed by atoms with Gasteiger partial charge >= 0.3 is 0 Å². The molecular weight excluding hydrogens is 138 g/mol. The molecule has 1 nitrogen and oxygen atoms in total. The molecule has 0 rings (SSSR count). The smallest absolute Gasteiger partial charge is 0.187 e. The molecule has 0 aromatic heterocycles. The molecule has 0 amide bonds. The van der Waals surface area contributed by atoms with Gasteiger partial charge in [-0.05, 0) is 13.1 Å². The molecule has 0 aromatic rings. The van der Waals surface area contributed by atoms with Crippen LogP contribution in [0, 0.1) is 0 Å². The Morgan fingerprint density at radius 1 is 1.38 bits per heavy atom. The first-order chi connectivity index (χ1) is 3.85. The summed E-state index contributed by atoms with van der Waals surface area (Å²) in [6, 6.07) is 0. The van der Waals surface area contributed by atoms with E-state index in [4.69, 9.17) is 11.1 Å². The first-order valence-electron chi connectivity index (χ1n) is 2.91. The van der Waals surface area contributed by atoms with Crippen molar-refractivity contribution in [3.05, 3.63) is 0 Å². The molecule has 0 unspecified atom stereocenters. The molecule has 8 heavy (non-hydrogen) atoms. The van der Waals surface area contributed by atoms with Crippen molar-refractivity contribution in [2.75, 3.05) is 19.3 Å². The summed E-state index contributed by atoms with van der Waals surface area (Å²) >= 11 is 5.54.